The highest BCUT2D eigenvalue weighted by Crippen LogP contribution is 2.49. The maximum Gasteiger partial charge on any atom is 0.243 e. The number of benzene rings is 8. The third kappa shape index (κ3) is 5.33. The molecule has 0 atom stereocenters. The summed E-state index contributed by atoms with van der Waals surface area (Å²) in [5, 5.41) is 0. The van der Waals surface area contributed by atoms with E-state index in [9.17, 15) is 0 Å². The van der Waals surface area contributed by atoms with Crippen molar-refractivity contribution < 1.29 is 0 Å². The van der Waals surface area contributed by atoms with E-state index in [4.69, 9.17) is 0 Å². The largest absolute Gasteiger partial charge is 0.243 e. The van der Waals surface area contributed by atoms with Crippen molar-refractivity contribution in [1.82, 2.24) is 0 Å². The zero-order chi connectivity index (χ0) is 40.3. The lowest BCUT2D eigenvalue weighted by Gasteiger charge is -2.36. The van der Waals surface area contributed by atoms with Gasteiger partial charge in [-0.25, -0.2) is 0 Å². The molecule has 3 heteroatoms. The first-order valence-corrected chi connectivity index (χ1v) is 22.0. The predicted octanol–water partition coefficient (Wildman–Crippen LogP) is 10.3. The van der Waals surface area contributed by atoms with Gasteiger partial charge < -0.3 is 0 Å². The van der Waals surface area contributed by atoms with Gasteiger partial charge >= 0.3 is 0 Å². The highest BCUT2D eigenvalue weighted by atomic mass is 32.2. The van der Waals surface area contributed by atoms with Crippen molar-refractivity contribution in [2.24, 2.45) is 0 Å². The molecule has 0 amide bonds. The lowest BCUT2D eigenvalue weighted by atomic mass is 9.34. The molecule has 0 nitrogen and oxygen atoms in total. The van der Waals surface area contributed by atoms with Crippen LogP contribution in [0.2, 0.25) is 0 Å². The van der Waals surface area contributed by atoms with E-state index in [1.165, 1.54) is 126 Å². The molecule has 0 aliphatic carbocycles. The molecule has 11 rings (SSSR count). The van der Waals surface area contributed by atoms with Gasteiger partial charge in [-0.2, -0.15) is 0 Å². The number of rotatable bonds is 2. The number of hydrogen-bond donors (Lipinski definition) is 0. The Morgan fingerprint density at radius 2 is 0.712 bits per heavy atom. The van der Waals surface area contributed by atoms with E-state index < -0.39 is 0 Å². The minimum Gasteiger partial charge on any atom is -0.0895 e. The fourth-order valence-corrected chi connectivity index (χ4v) is 12.6. The Morgan fingerprint density at radius 1 is 0.356 bits per heavy atom. The van der Waals surface area contributed by atoms with Crippen LogP contribution in [0.3, 0.4) is 0 Å². The summed E-state index contributed by atoms with van der Waals surface area (Å²) in [4.78, 5) is 2.71. The Hall–Kier alpha value is -5.76. The average Bonchev–Trinajstić information content (AvgIpc) is 3.45. The first kappa shape index (κ1) is 36.3. The lowest BCUT2D eigenvalue weighted by Crippen LogP contribution is -2.55. The molecular weight excluding hydrogens is 726 g/mol. The van der Waals surface area contributed by atoms with E-state index in [0.29, 0.717) is 0 Å². The van der Waals surface area contributed by atoms with Crippen LogP contribution < -0.4 is 32.8 Å². The summed E-state index contributed by atoms with van der Waals surface area (Å²) in [5.41, 5.74) is 28.4. The Morgan fingerprint density at radius 3 is 1.17 bits per heavy atom. The van der Waals surface area contributed by atoms with Gasteiger partial charge in [0, 0.05) is 15.2 Å². The Balaban J connectivity index is 1.11. The van der Waals surface area contributed by atoms with E-state index in [1.54, 1.807) is 0 Å². The smallest absolute Gasteiger partial charge is 0.0895 e. The van der Waals surface area contributed by atoms with Gasteiger partial charge in [-0.1, -0.05) is 220 Å². The molecule has 0 bridgehead atoms. The summed E-state index contributed by atoms with van der Waals surface area (Å²) in [6.45, 7) is 16.6. The second kappa shape index (κ2) is 13.4. The summed E-state index contributed by atoms with van der Waals surface area (Å²) in [6, 6.07) is 58.4. The normalized spacial score (nSPS) is 14.0. The van der Waals surface area contributed by atoms with Crippen molar-refractivity contribution in [2.45, 2.75) is 63.7 Å². The van der Waals surface area contributed by atoms with Crippen LogP contribution in [0.1, 0.15) is 52.8 Å². The summed E-state index contributed by atoms with van der Waals surface area (Å²) < 4.78 is 0. The molecule has 0 fully saturated rings. The average molecular weight is 773 g/mol. The van der Waals surface area contributed by atoms with Gasteiger partial charge in [-0.3, -0.25) is 0 Å². The van der Waals surface area contributed by atoms with Gasteiger partial charge in [0.1, 0.15) is 0 Å². The van der Waals surface area contributed by atoms with Gasteiger partial charge in [0.25, 0.3) is 0 Å². The molecule has 0 aromatic heterocycles. The molecule has 8 aromatic rings. The van der Waals surface area contributed by atoms with Crippen molar-refractivity contribution in [1.29, 1.82) is 0 Å². The molecule has 59 heavy (non-hydrogen) atoms. The number of hydrogen-bond acceptors (Lipinski definition) is 1. The first-order valence-electron chi connectivity index (χ1n) is 21.2. The van der Waals surface area contributed by atoms with Crippen LogP contribution in [0.4, 0.5) is 0 Å². The summed E-state index contributed by atoms with van der Waals surface area (Å²) in [6.07, 6.45) is 0. The maximum atomic E-state index is 2.58. The minimum atomic E-state index is -0.230. The van der Waals surface area contributed by atoms with E-state index in [0.717, 1.165) is 0 Å². The topological polar surface area (TPSA) is 0 Å². The zero-order valence-electron chi connectivity index (χ0n) is 35.0. The molecule has 0 saturated carbocycles. The molecule has 0 unspecified atom stereocenters. The number of fused-ring (bicyclic) bond motifs is 12. The van der Waals surface area contributed by atoms with E-state index in [2.05, 4.69) is 200 Å². The molecule has 8 aromatic carbocycles. The van der Waals surface area contributed by atoms with Gasteiger partial charge in [0.15, 0.2) is 0 Å². The minimum absolute atomic E-state index is 0.0969. The molecule has 3 aliphatic rings. The molecule has 3 aliphatic heterocycles. The monoisotopic (exact) mass is 772 g/mol. The van der Waals surface area contributed by atoms with Crippen molar-refractivity contribution in [3.8, 4) is 44.5 Å². The third-order valence-electron chi connectivity index (χ3n) is 14.0. The molecule has 282 valence electrons. The predicted molar refractivity (Wildman–Crippen MR) is 257 cm³/mol. The third-order valence-corrected chi connectivity index (χ3v) is 15.2. The Bertz CT molecular complexity index is 3010. The van der Waals surface area contributed by atoms with Crippen molar-refractivity contribution in [3.05, 3.63) is 191 Å². The molecule has 0 spiro atoms. The first-order chi connectivity index (χ1) is 28.6. The van der Waals surface area contributed by atoms with Gasteiger partial charge in [-0.05, 0) is 108 Å². The zero-order valence-corrected chi connectivity index (χ0v) is 35.8. The Kier molecular flexibility index (Phi) is 8.24. The van der Waals surface area contributed by atoms with Crippen molar-refractivity contribution in [2.75, 3.05) is 0 Å². The second-order valence-corrected chi connectivity index (χ2v) is 18.9. The van der Waals surface area contributed by atoms with Crippen LogP contribution in [0.15, 0.2) is 161 Å². The van der Waals surface area contributed by atoms with E-state index in [1.807, 2.05) is 11.8 Å². The highest BCUT2D eigenvalue weighted by Gasteiger charge is 2.40. The fraction of sp³-hybridized carbons (Fsp3) is 0.143. The summed E-state index contributed by atoms with van der Waals surface area (Å²) >= 11 is 1.94. The van der Waals surface area contributed by atoms with Crippen LogP contribution in [-0.4, -0.2) is 13.4 Å². The fourth-order valence-electron chi connectivity index (χ4n) is 11.2. The van der Waals surface area contributed by atoms with Gasteiger partial charge in [0.05, 0.1) is 0 Å². The highest BCUT2D eigenvalue weighted by molar-refractivity contribution is 7.99. The summed E-state index contributed by atoms with van der Waals surface area (Å²) in [5.74, 6) is 0. The lowest BCUT2D eigenvalue weighted by molar-refractivity contribution is 0.608. The Labute approximate surface area is 355 Å². The van der Waals surface area contributed by atoms with Crippen molar-refractivity contribution in [3.63, 3.8) is 0 Å². The van der Waals surface area contributed by atoms with Gasteiger partial charge in [0.2, 0.25) is 13.4 Å². The van der Waals surface area contributed by atoms with Crippen LogP contribution in [0, 0.1) is 34.6 Å². The standard InChI is InChI=1S/C56H46B2S/c1-33-15-10-22-42-45-25-13-18-36(4)54(45)58(55-37(5)19-14-26-46(55)51(33)42)39-28-30-50-48(32-39)56(6,7)47-31-38(27-29-49(47)59-50)57-52-34(2)16-11-23-43(52)40-20-8-9-21-41(40)44-24-12-17-35(3)53(44)57/h8-32H,1-7H3. The molecule has 0 radical (unpaired) electrons. The second-order valence-electron chi connectivity index (χ2n) is 17.8. The number of aryl methyl sites for hydroxylation is 5. The molecule has 0 saturated heterocycles. The van der Waals surface area contributed by atoms with Crippen LogP contribution in [-0.2, 0) is 5.41 Å². The molecular formula is C56H46B2S. The quantitative estimate of drug-likeness (QED) is 0.158. The van der Waals surface area contributed by atoms with Crippen molar-refractivity contribution >= 4 is 58.0 Å². The van der Waals surface area contributed by atoms with E-state index in [-0.39, 0.29) is 18.8 Å². The van der Waals surface area contributed by atoms with Crippen LogP contribution in [0.25, 0.3) is 44.5 Å². The van der Waals surface area contributed by atoms with Crippen LogP contribution >= 0.6 is 11.8 Å². The molecule has 0 N–H and O–H groups in total. The maximum absolute atomic E-state index is 2.58. The summed E-state index contributed by atoms with van der Waals surface area (Å²) in [7, 11) is 0. The van der Waals surface area contributed by atoms with Gasteiger partial charge in [-0.15, -0.1) is 0 Å². The van der Waals surface area contributed by atoms with Crippen LogP contribution in [0.5, 0.6) is 0 Å². The molecule has 3 heterocycles. The van der Waals surface area contributed by atoms with E-state index >= 15 is 0 Å². The SMILES string of the molecule is Cc1cccc2c1B(c1ccc3c(c1)C(C)(C)c1cc(B4c5c(C)cccc5-c5cccc(C)c5-c5cccc(C)c54)ccc1S3)c1c(C)cccc1-c1ccccc1-2.